The van der Waals surface area contributed by atoms with Crippen LogP contribution < -0.4 is 9.47 Å². The van der Waals surface area contributed by atoms with Crippen molar-refractivity contribution in [2.24, 2.45) is 0 Å². The van der Waals surface area contributed by atoms with Crippen molar-refractivity contribution in [2.75, 3.05) is 93.1 Å². The van der Waals surface area contributed by atoms with E-state index in [2.05, 4.69) is 61.2 Å². The number of fused-ring (bicyclic) bond motifs is 2. The quantitative estimate of drug-likeness (QED) is 0.0943. The van der Waals surface area contributed by atoms with Crippen LogP contribution in [0.2, 0.25) is 0 Å². The van der Waals surface area contributed by atoms with Crippen LogP contribution in [0.4, 0.5) is 0 Å². The summed E-state index contributed by atoms with van der Waals surface area (Å²) in [5.41, 5.74) is 0.322. The summed E-state index contributed by atoms with van der Waals surface area (Å²) < 4.78 is 31.0. The number of halogens is 1. The Balaban J connectivity index is 0.000000198. The van der Waals surface area contributed by atoms with Gasteiger partial charge in [-0.1, -0.05) is 60.7 Å². The van der Waals surface area contributed by atoms with E-state index >= 15 is 0 Å². The SMILES string of the molecule is COC(=O)C(=O)Cl.COC(=O)C(=O)c1ccc(OCCN2CCOCC2)c2ccccc12.c1ccc2c(OCCN3CCOCC3)cccc2c1. The predicted octanol–water partition coefficient (Wildman–Crippen LogP) is 4.38. The van der Waals surface area contributed by atoms with E-state index in [1.54, 1.807) is 18.2 Å². The molecule has 0 bridgehead atoms. The van der Waals surface area contributed by atoms with Crippen molar-refractivity contribution in [1.29, 1.82) is 0 Å². The van der Waals surface area contributed by atoms with Gasteiger partial charge in [0.05, 0.1) is 40.6 Å². The molecule has 2 saturated heterocycles. The van der Waals surface area contributed by atoms with E-state index < -0.39 is 23.0 Å². The summed E-state index contributed by atoms with van der Waals surface area (Å²) in [5.74, 6) is -0.872. The number of hydrogen-bond donors (Lipinski definition) is 0. The van der Waals surface area contributed by atoms with Crippen molar-refractivity contribution >= 4 is 56.1 Å². The Labute approximate surface area is 302 Å². The fourth-order valence-electron chi connectivity index (χ4n) is 5.42. The number of ether oxygens (including phenoxy) is 6. The van der Waals surface area contributed by atoms with Crippen LogP contribution in [0, 0.1) is 0 Å². The fraction of sp³-hybridized carbons (Fsp3) is 0.368. The van der Waals surface area contributed by atoms with Gasteiger partial charge in [0.2, 0.25) is 0 Å². The minimum absolute atomic E-state index is 0.322. The van der Waals surface area contributed by atoms with Crippen molar-refractivity contribution in [2.45, 2.75) is 0 Å². The highest BCUT2D eigenvalue weighted by Crippen LogP contribution is 2.29. The number of methoxy groups -OCH3 is 2. The maximum atomic E-state index is 12.2. The number of esters is 2. The summed E-state index contributed by atoms with van der Waals surface area (Å²) >= 11 is 4.61. The third-order valence-corrected chi connectivity index (χ3v) is 8.29. The zero-order valence-corrected chi connectivity index (χ0v) is 29.6. The lowest BCUT2D eigenvalue weighted by atomic mass is 10.0. The lowest BCUT2D eigenvalue weighted by Gasteiger charge is -2.26. The minimum atomic E-state index is -1.09. The average molecular weight is 723 g/mol. The normalized spacial score (nSPS) is 14.6. The summed E-state index contributed by atoms with van der Waals surface area (Å²) in [6.07, 6.45) is 0. The molecule has 2 heterocycles. The molecule has 0 aliphatic carbocycles. The van der Waals surface area contributed by atoms with Gasteiger partial charge in [0.15, 0.2) is 0 Å². The first-order valence-electron chi connectivity index (χ1n) is 16.6. The van der Waals surface area contributed by atoms with Crippen molar-refractivity contribution < 1.29 is 47.6 Å². The van der Waals surface area contributed by atoms with Crippen molar-refractivity contribution in [3.05, 3.63) is 84.4 Å². The van der Waals surface area contributed by atoms with Crippen LogP contribution in [-0.2, 0) is 33.3 Å². The molecule has 2 fully saturated rings. The topological polar surface area (TPSA) is 130 Å². The van der Waals surface area contributed by atoms with Crippen LogP contribution in [0.25, 0.3) is 21.5 Å². The molecule has 12 nitrogen and oxygen atoms in total. The molecule has 0 amide bonds. The standard InChI is InChI=1S/C19H21NO5.C16H19NO2.C3H3ClO3/c1-23-19(22)18(21)16-6-7-17(15-5-3-2-4-14(15)16)25-13-10-20-8-11-24-12-9-20;1-2-6-15-14(4-1)5-3-7-16(15)19-13-10-17-8-11-18-12-9-17;1-7-3(6)2(4)5/h2-7H,8-13H2,1H3;1-7H,8-13H2;1H3. The van der Waals surface area contributed by atoms with E-state index in [1.165, 1.54) is 17.9 Å². The molecule has 0 unspecified atom stereocenters. The van der Waals surface area contributed by atoms with E-state index in [0.29, 0.717) is 23.3 Å². The van der Waals surface area contributed by atoms with Gasteiger partial charge in [-0.05, 0) is 40.6 Å². The largest absolute Gasteiger partial charge is 0.492 e. The Morgan fingerprint density at radius 2 is 1.10 bits per heavy atom. The Kier molecular flexibility index (Phi) is 16.1. The lowest BCUT2D eigenvalue weighted by molar-refractivity contribution is -0.148. The van der Waals surface area contributed by atoms with Crippen LogP contribution in [0.1, 0.15) is 10.4 Å². The van der Waals surface area contributed by atoms with Crippen LogP contribution in [0.5, 0.6) is 11.5 Å². The van der Waals surface area contributed by atoms with Crippen molar-refractivity contribution in [3.8, 4) is 11.5 Å². The van der Waals surface area contributed by atoms with Gasteiger partial charge in [0.25, 0.3) is 5.78 Å². The highest BCUT2D eigenvalue weighted by Gasteiger charge is 2.20. The van der Waals surface area contributed by atoms with Crippen LogP contribution >= 0.6 is 11.6 Å². The van der Waals surface area contributed by atoms with E-state index in [0.717, 1.165) is 90.5 Å². The molecule has 4 aromatic carbocycles. The maximum absolute atomic E-state index is 12.2. The molecular weight excluding hydrogens is 680 g/mol. The van der Waals surface area contributed by atoms with Gasteiger partial charge in [0, 0.05) is 55.6 Å². The van der Waals surface area contributed by atoms with Crippen molar-refractivity contribution in [3.63, 3.8) is 0 Å². The van der Waals surface area contributed by atoms with Gasteiger partial charge < -0.3 is 28.4 Å². The van der Waals surface area contributed by atoms with Gasteiger partial charge >= 0.3 is 17.2 Å². The third-order valence-electron chi connectivity index (χ3n) is 8.13. The number of rotatable bonds is 11. The van der Waals surface area contributed by atoms with E-state index in [9.17, 15) is 19.2 Å². The number of hydrogen-bond acceptors (Lipinski definition) is 12. The second kappa shape index (κ2) is 20.9. The van der Waals surface area contributed by atoms with E-state index in [-0.39, 0.29) is 0 Å². The van der Waals surface area contributed by atoms with Crippen LogP contribution in [0.15, 0.2) is 78.9 Å². The second-order valence-corrected chi connectivity index (χ2v) is 11.7. The average Bonchev–Trinajstić information content (AvgIpc) is 3.18. The molecule has 0 N–H and O–H groups in total. The molecule has 0 saturated carbocycles. The highest BCUT2D eigenvalue weighted by molar-refractivity contribution is 6.80. The number of carbonyl (C=O) groups is 4. The number of ketones is 1. The van der Waals surface area contributed by atoms with E-state index in [1.807, 2.05) is 30.3 Å². The first-order valence-corrected chi connectivity index (χ1v) is 17.0. The number of carbonyl (C=O) groups excluding carboxylic acids is 4. The molecule has 2 aliphatic heterocycles. The summed E-state index contributed by atoms with van der Waals surface area (Å²) in [7, 11) is 2.29. The van der Waals surface area contributed by atoms with Gasteiger partial charge in [-0.3, -0.25) is 19.4 Å². The zero-order chi connectivity index (χ0) is 36.4. The molecule has 13 heteroatoms. The summed E-state index contributed by atoms with van der Waals surface area (Å²) in [6.45, 7) is 10.1. The Bertz CT molecular complexity index is 1750. The Hall–Kier alpha value is -4.59. The number of benzene rings is 4. The predicted molar refractivity (Wildman–Crippen MR) is 193 cm³/mol. The molecule has 272 valence electrons. The molecular formula is C38H43ClN2O10. The molecule has 2 aliphatic rings. The van der Waals surface area contributed by atoms with Crippen LogP contribution in [0.3, 0.4) is 0 Å². The molecule has 0 spiro atoms. The van der Waals surface area contributed by atoms with Gasteiger partial charge in [-0.15, -0.1) is 0 Å². The monoisotopic (exact) mass is 722 g/mol. The molecule has 0 aromatic heterocycles. The molecule has 0 atom stereocenters. The molecule has 0 radical (unpaired) electrons. The van der Waals surface area contributed by atoms with E-state index in [4.69, 9.17) is 18.9 Å². The maximum Gasteiger partial charge on any atom is 0.391 e. The van der Waals surface area contributed by atoms with Gasteiger partial charge in [-0.25, -0.2) is 9.59 Å². The molecule has 6 rings (SSSR count). The Morgan fingerprint density at radius 3 is 1.63 bits per heavy atom. The summed E-state index contributed by atoms with van der Waals surface area (Å²) in [5, 5.41) is 2.81. The fourth-order valence-corrected chi connectivity index (χ4v) is 5.50. The van der Waals surface area contributed by atoms with Gasteiger partial charge in [0.1, 0.15) is 24.7 Å². The molecule has 4 aromatic rings. The number of nitrogens with zero attached hydrogens (tertiary/aromatic N) is 2. The first-order chi connectivity index (χ1) is 24.8. The first kappa shape index (κ1) is 39.2. The van der Waals surface area contributed by atoms with Crippen molar-refractivity contribution in [1.82, 2.24) is 9.80 Å². The second-order valence-electron chi connectivity index (χ2n) is 11.3. The summed E-state index contributed by atoms with van der Waals surface area (Å²) in [6, 6.07) is 25.3. The number of morpholine rings is 2. The Morgan fingerprint density at radius 1 is 0.608 bits per heavy atom. The van der Waals surface area contributed by atoms with Gasteiger partial charge in [-0.2, -0.15) is 0 Å². The van der Waals surface area contributed by atoms with Crippen LogP contribution in [-0.4, -0.2) is 126 Å². The highest BCUT2D eigenvalue weighted by atomic mass is 35.5. The number of Topliss-reactive ketones (excluding diaryl/α,β-unsaturated/α-hetero) is 1. The molecule has 51 heavy (non-hydrogen) atoms. The minimum Gasteiger partial charge on any atom is -0.492 e. The smallest absolute Gasteiger partial charge is 0.391 e. The summed E-state index contributed by atoms with van der Waals surface area (Å²) in [4.78, 5) is 47.9. The lowest BCUT2D eigenvalue weighted by Crippen LogP contribution is -2.38. The zero-order valence-electron chi connectivity index (χ0n) is 28.8. The third kappa shape index (κ3) is 12.0.